The van der Waals surface area contributed by atoms with E-state index in [0.29, 0.717) is 23.4 Å². The van der Waals surface area contributed by atoms with Crippen molar-refractivity contribution in [1.29, 1.82) is 0 Å². The van der Waals surface area contributed by atoms with Crippen molar-refractivity contribution in [2.45, 2.75) is 18.8 Å². The van der Waals surface area contributed by atoms with Crippen LogP contribution >= 0.6 is 27.3 Å². The van der Waals surface area contributed by atoms with Crippen molar-refractivity contribution in [1.82, 2.24) is 5.32 Å². The van der Waals surface area contributed by atoms with E-state index in [2.05, 4.69) is 32.7 Å². The molecule has 1 unspecified atom stereocenters. The summed E-state index contributed by atoms with van der Waals surface area (Å²) in [5.41, 5.74) is 1.22. The molecule has 2 aromatic rings. The molecule has 1 atom stereocenters. The molecule has 0 fully saturated rings. The first-order valence-corrected chi connectivity index (χ1v) is 8.10. The van der Waals surface area contributed by atoms with E-state index in [1.807, 2.05) is 5.38 Å². The zero-order valence-corrected chi connectivity index (χ0v) is 13.2. The first kappa shape index (κ1) is 15.3. The molecular weight excluding hydrogens is 342 g/mol. The summed E-state index contributed by atoms with van der Waals surface area (Å²) in [7, 11) is 0. The van der Waals surface area contributed by atoms with Gasteiger partial charge in [0.1, 0.15) is 0 Å². The van der Waals surface area contributed by atoms with Crippen molar-refractivity contribution in [2.75, 3.05) is 13.2 Å². The molecule has 2 rings (SSSR count). The summed E-state index contributed by atoms with van der Waals surface area (Å²) in [6.45, 7) is 0.706. The van der Waals surface area contributed by atoms with Gasteiger partial charge in [-0.3, -0.25) is 4.79 Å². The minimum absolute atomic E-state index is 0.152. The fraction of sp³-hybridized carbons (Fsp3) is 0.357. The van der Waals surface area contributed by atoms with Gasteiger partial charge in [-0.15, -0.1) is 0 Å². The molecular formula is C14H16BrNO3S. The Morgan fingerprint density at radius 1 is 1.40 bits per heavy atom. The third-order valence-electron chi connectivity index (χ3n) is 3.07. The van der Waals surface area contributed by atoms with Gasteiger partial charge in [0.15, 0.2) is 10.4 Å². The molecule has 6 heteroatoms. The van der Waals surface area contributed by atoms with Gasteiger partial charge in [-0.2, -0.15) is 11.3 Å². The Labute approximate surface area is 129 Å². The smallest absolute Gasteiger partial charge is 0.287 e. The molecule has 0 aliphatic carbocycles. The van der Waals surface area contributed by atoms with Gasteiger partial charge in [0.25, 0.3) is 5.91 Å². The third kappa shape index (κ3) is 4.19. The minimum Gasteiger partial charge on any atom is -0.444 e. The van der Waals surface area contributed by atoms with Crippen LogP contribution in [0.15, 0.2) is 38.0 Å². The highest BCUT2D eigenvalue weighted by Gasteiger charge is 2.14. The van der Waals surface area contributed by atoms with Crippen molar-refractivity contribution < 1.29 is 14.3 Å². The van der Waals surface area contributed by atoms with Crippen molar-refractivity contribution in [3.8, 4) is 0 Å². The van der Waals surface area contributed by atoms with E-state index in [4.69, 9.17) is 9.52 Å². The highest BCUT2D eigenvalue weighted by molar-refractivity contribution is 9.10. The Morgan fingerprint density at radius 2 is 2.25 bits per heavy atom. The van der Waals surface area contributed by atoms with E-state index in [-0.39, 0.29) is 18.4 Å². The standard InChI is InChI=1S/C14H16BrNO3S/c15-13-2-1-12(19-13)14(18)16-6-3-10(4-7-17)11-5-8-20-9-11/h1-2,5,8-10,17H,3-4,6-7H2,(H,16,18). The molecule has 4 nitrogen and oxygen atoms in total. The van der Waals surface area contributed by atoms with Gasteiger partial charge in [0.2, 0.25) is 0 Å². The van der Waals surface area contributed by atoms with Crippen LogP contribution in [0.25, 0.3) is 0 Å². The number of aliphatic hydroxyl groups excluding tert-OH is 1. The molecule has 1 amide bonds. The minimum atomic E-state index is -0.219. The lowest BCUT2D eigenvalue weighted by atomic mass is 9.95. The van der Waals surface area contributed by atoms with Crippen LogP contribution in [0.5, 0.6) is 0 Å². The Morgan fingerprint density at radius 3 is 2.85 bits per heavy atom. The molecule has 108 valence electrons. The topological polar surface area (TPSA) is 62.5 Å². The van der Waals surface area contributed by atoms with Gasteiger partial charge in [-0.25, -0.2) is 0 Å². The predicted octanol–water partition coefficient (Wildman–Crippen LogP) is 3.39. The van der Waals surface area contributed by atoms with Crippen molar-refractivity contribution in [2.24, 2.45) is 0 Å². The summed E-state index contributed by atoms with van der Waals surface area (Å²) < 4.78 is 5.73. The monoisotopic (exact) mass is 357 g/mol. The third-order valence-corrected chi connectivity index (χ3v) is 4.20. The molecule has 0 aliphatic heterocycles. The maximum absolute atomic E-state index is 11.8. The lowest BCUT2D eigenvalue weighted by molar-refractivity contribution is 0.0923. The number of thiophene rings is 1. The number of nitrogens with one attached hydrogen (secondary N) is 1. The van der Waals surface area contributed by atoms with Crippen LogP contribution in [0.4, 0.5) is 0 Å². The van der Waals surface area contributed by atoms with E-state index < -0.39 is 0 Å². The Kier molecular flexibility index (Phi) is 5.82. The lowest BCUT2D eigenvalue weighted by Crippen LogP contribution is -2.25. The van der Waals surface area contributed by atoms with E-state index in [9.17, 15) is 4.79 Å². The van der Waals surface area contributed by atoms with Gasteiger partial charge < -0.3 is 14.8 Å². The molecule has 2 aromatic heterocycles. The van der Waals surface area contributed by atoms with Gasteiger partial charge in [0.05, 0.1) is 0 Å². The normalized spacial score (nSPS) is 12.3. The number of hydrogen-bond acceptors (Lipinski definition) is 4. The van der Waals surface area contributed by atoms with Crippen LogP contribution in [0.2, 0.25) is 0 Å². The summed E-state index contributed by atoms with van der Waals surface area (Å²) in [6.07, 6.45) is 1.50. The second-order valence-electron chi connectivity index (χ2n) is 4.41. The van der Waals surface area contributed by atoms with Crippen LogP contribution in [0.3, 0.4) is 0 Å². The predicted molar refractivity (Wildman–Crippen MR) is 82.1 cm³/mol. The zero-order chi connectivity index (χ0) is 14.4. The number of furan rings is 1. The highest BCUT2D eigenvalue weighted by Crippen LogP contribution is 2.24. The number of amides is 1. The molecule has 20 heavy (non-hydrogen) atoms. The fourth-order valence-corrected chi connectivity index (χ4v) is 3.07. The lowest BCUT2D eigenvalue weighted by Gasteiger charge is -2.14. The molecule has 2 N–H and O–H groups in total. The van der Waals surface area contributed by atoms with Crippen molar-refractivity contribution in [3.63, 3.8) is 0 Å². The van der Waals surface area contributed by atoms with Crippen LogP contribution in [-0.2, 0) is 0 Å². The average Bonchev–Trinajstić information content (AvgIpc) is 3.08. The summed E-state index contributed by atoms with van der Waals surface area (Å²) in [5.74, 6) is 0.352. The maximum atomic E-state index is 11.8. The number of carbonyl (C=O) groups excluding carboxylic acids is 1. The van der Waals surface area contributed by atoms with Crippen molar-refractivity contribution in [3.05, 3.63) is 45.0 Å². The number of carbonyl (C=O) groups is 1. The Balaban J connectivity index is 1.83. The maximum Gasteiger partial charge on any atom is 0.287 e. The molecule has 0 bridgehead atoms. The molecule has 0 aromatic carbocycles. The van der Waals surface area contributed by atoms with Gasteiger partial charge in [-0.05, 0) is 69.2 Å². The second-order valence-corrected chi connectivity index (χ2v) is 5.98. The van der Waals surface area contributed by atoms with Crippen molar-refractivity contribution >= 4 is 33.2 Å². The summed E-state index contributed by atoms with van der Waals surface area (Å²) in [5, 5.41) is 16.1. The molecule has 0 saturated heterocycles. The molecule has 0 aliphatic rings. The number of halogens is 1. The molecule has 0 spiro atoms. The highest BCUT2D eigenvalue weighted by atomic mass is 79.9. The summed E-state index contributed by atoms with van der Waals surface area (Å²) >= 11 is 4.81. The molecule has 2 heterocycles. The van der Waals surface area contributed by atoms with Crippen LogP contribution in [0, 0.1) is 0 Å². The Hall–Kier alpha value is -1.11. The van der Waals surface area contributed by atoms with E-state index in [1.165, 1.54) is 5.56 Å². The first-order chi connectivity index (χ1) is 9.70. The van der Waals surface area contributed by atoms with Crippen LogP contribution in [0.1, 0.15) is 34.9 Å². The quantitative estimate of drug-likeness (QED) is 0.798. The average molecular weight is 358 g/mol. The van der Waals surface area contributed by atoms with Gasteiger partial charge >= 0.3 is 0 Å². The number of rotatable bonds is 7. The van der Waals surface area contributed by atoms with Crippen LogP contribution < -0.4 is 5.32 Å². The van der Waals surface area contributed by atoms with E-state index in [0.717, 1.165) is 6.42 Å². The largest absolute Gasteiger partial charge is 0.444 e. The number of hydrogen-bond donors (Lipinski definition) is 2. The summed E-state index contributed by atoms with van der Waals surface area (Å²) in [6, 6.07) is 5.38. The van der Waals surface area contributed by atoms with Gasteiger partial charge in [0, 0.05) is 13.2 Å². The Bertz CT molecular complexity index is 538. The first-order valence-electron chi connectivity index (χ1n) is 6.37. The van der Waals surface area contributed by atoms with Gasteiger partial charge in [-0.1, -0.05) is 0 Å². The zero-order valence-electron chi connectivity index (χ0n) is 10.8. The second kappa shape index (κ2) is 7.61. The number of aliphatic hydroxyl groups is 1. The van der Waals surface area contributed by atoms with E-state index in [1.54, 1.807) is 23.5 Å². The fourth-order valence-electron chi connectivity index (χ4n) is 2.02. The molecule has 0 saturated carbocycles. The van der Waals surface area contributed by atoms with Crippen LogP contribution in [-0.4, -0.2) is 24.2 Å². The molecule has 0 radical (unpaired) electrons. The van der Waals surface area contributed by atoms with E-state index >= 15 is 0 Å². The SMILES string of the molecule is O=C(NCCC(CCO)c1ccsc1)c1ccc(Br)o1. The summed E-state index contributed by atoms with van der Waals surface area (Å²) in [4.78, 5) is 11.8.